The van der Waals surface area contributed by atoms with Gasteiger partial charge in [0.2, 0.25) is 0 Å². The maximum atomic E-state index is 4.43. The van der Waals surface area contributed by atoms with E-state index in [0.29, 0.717) is 6.04 Å². The monoisotopic (exact) mass is 224 g/mol. The van der Waals surface area contributed by atoms with Crippen molar-refractivity contribution >= 4 is 11.3 Å². The van der Waals surface area contributed by atoms with Crippen LogP contribution < -0.4 is 5.32 Å². The van der Waals surface area contributed by atoms with Crippen LogP contribution in [-0.2, 0) is 6.42 Å². The zero-order chi connectivity index (χ0) is 11.1. The molecule has 0 aliphatic rings. The van der Waals surface area contributed by atoms with Crippen LogP contribution >= 0.6 is 11.3 Å². The first kappa shape index (κ1) is 12.4. The maximum absolute atomic E-state index is 4.43. The molecule has 3 heteroatoms. The zero-order valence-electron chi connectivity index (χ0n) is 9.62. The van der Waals surface area contributed by atoms with Gasteiger partial charge in [0, 0.05) is 30.1 Å². The fourth-order valence-corrected chi connectivity index (χ4v) is 2.19. The van der Waals surface area contributed by atoms with E-state index in [0.717, 1.165) is 25.1 Å². The lowest BCUT2D eigenvalue weighted by molar-refractivity contribution is 0.521. The van der Waals surface area contributed by atoms with Crippen molar-refractivity contribution in [2.75, 3.05) is 6.54 Å². The van der Waals surface area contributed by atoms with Gasteiger partial charge in [0.1, 0.15) is 0 Å². The summed E-state index contributed by atoms with van der Waals surface area (Å²) in [6.45, 7) is 9.01. The first-order chi connectivity index (χ1) is 7.22. The lowest BCUT2D eigenvalue weighted by atomic mass is 10.2. The Hall–Kier alpha value is -0.670. The summed E-state index contributed by atoms with van der Waals surface area (Å²) in [7, 11) is 0. The lowest BCUT2D eigenvalue weighted by Crippen LogP contribution is -2.27. The summed E-state index contributed by atoms with van der Waals surface area (Å²) in [4.78, 5) is 4.43. The Kier molecular flexibility index (Phi) is 5.58. The third kappa shape index (κ3) is 5.09. The highest BCUT2D eigenvalue weighted by Crippen LogP contribution is 2.08. The van der Waals surface area contributed by atoms with E-state index in [4.69, 9.17) is 0 Å². The Morgan fingerprint density at radius 1 is 1.67 bits per heavy atom. The van der Waals surface area contributed by atoms with Crippen LogP contribution in [0.5, 0.6) is 0 Å². The van der Waals surface area contributed by atoms with Crippen LogP contribution in [0.4, 0.5) is 0 Å². The van der Waals surface area contributed by atoms with Gasteiger partial charge in [0.15, 0.2) is 0 Å². The molecular formula is C12H20N2S. The van der Waals surface area contributed by atoms with Gasteiger partial charge in [-0.1, -0.05) is 6.08 Å². The predicted molar refractivity (Wildman–Crippen MR) is 67.5 cm³/mol. The smallest absolute Gasteiger partial charge is 0.0940 e. The second-order valence-corrected chi connectivity index (χ2v) is 4.80. The molecule has 0 aliphatic heterocycles. The number of nitrogens with zero attached hydrogens (tertiary/aromatic N) is 1. The van der Waals surface area contributed by atoms with Crippen molar-refractivity contribution in [3.05, 3.63) is 28.7 Å². The fourth-order valence-electron chi connectivity index (χ4n) is 1.41. The molecule has 0 fully saturated rings. The minimum atomic E-state index is 0.573. The lowest BCUT2D eigenvalue weighted by Gasteiger charge is -2.11. The van der Waals surface area contributed by atoms with Crippen LogP contribution in [0.25, 0.3) is 0 Å². The minimum Gasteiger partial charge on any atom is -0.314 e. The predicted octanol–water partition coefficient (Wildman–Crippen LogP) is 2.94. The molecule has 1 heterocycles. The minimum absolute atomic E-state index is 0.573. The standard InChI is InChI=1S/C12H20N2S/c1-4-5-6-10(2)13-8-7-12-14-11(3)9-15-12/h4,9-10,13H,1,5-8H2,2-3H3. The molecule has 1 N–H and O–H groups in total. The van der Waals surface area contributed by atoms with Gasteiger partial charge in [0.25, 0.3) is 0 Å². The Bertz CT molecular complexity index is 294. The van der Waals surface area contributed by atoms with Crippen molar-refractivity contribution in [1.82, 2.24) is 10.3 Å². The van der Waals surface area contributed by atoms with Crippen LogP contribution in [0, 0.1) is 6.92 Å². The van der Waals surface area contributed by atoms with E-state index in [2.05, 4.69) is 29.2 Å². The van der Waals surface area contributed by atoms with Crippen molar-refractivity contribution < 1.29 is 0 Å². The Morgan fingerprint density at radius 2 is 2.47 bits per heavy atom. The van der Waals surface area contributed by atoms with Gasteiger partial charge >= 0.3 is 0 Å². The molecule has 1 aromatic heterocycles. The van der Waals surface area contributed by atoms with E-state index in [1.54, 1.807) is 11.3 Å². The summed E-state index contributed by atoms with van der Waals surface area (Å²) >= 11 is 1.75. The highest BCUT2D eigenvalue weighted by molar-refractivity contribution is 7.09. The van der Waals surface area contributed by atoms with E-state index in [-0.39, 0.29) is 0 Å². The number of hydrogen-bond donors (Lipinski definition) is 1. The summed E-state index contributed by atoms with van der Waals surface area (Å²) in [6, 6.07) is 0.573. The summed E-state index contributed by atoms with van der Waals surface area (Å²) < 4.78 is 0. The topological polar surface area (TPSA) is 24.9 Å². The number of thiazole rings is 1. The van der Waals surface area contributed by atoms with Crippen molar-refractivity contribution in [3.63, 3.8) is 0 Å². The van der Waals surface area contributed by atoms with Gasteiger partial charge in [-0.3, -0.25) is 0 Å². The fraction of sp³-hybridized carbons (Fsp3) is 0.583. The number of aromatic nitrogens is 1. The zero-order valence-corrected chi connectivity index (χ0v) is 10.4. The SMILES string of the molecule is C=CCCC(C)NCCc1nc(C)cs1. The quantitative estimate of drug-likeness (QED) is 0.720. The number of nitrogens with one attached hydrogen (secondary N) is 1. The summed E-state index contributed by atoms with van der Waals surface area (Å²) in [5.41, 5.74) is 1.13. The number of hydrogen-bond acceptors (Lipinski definition) is 3. The first-order valence-corrected chi connectivity index (χ1v) is 6.35. The summed E-state index contributed by atoms with van der Waals surface area (Å²) in [6.07, 6.45) is 5.27. The Labute approximate surface area is 96.4 Å². The molecule has 0 radical (unpaired) electrons. The van der Waals surface area contributed by atoms with Gasteiger partial charge in [-0.25, -0.2) is 4.98 Å². The van der Waals surface area contributed by atoms with Gasteiger partial charge < -0.3 is 5.32 Å². The molecule has 0 amide bonds. The normalized spacial score (nSPS) is 12.7. The second-order valence-electron chi connectivity index (χ2n) is 3.85. The van der Waals surface area contributed by atoms with Gasteiger partial charge in [-0.05, 0) is 26.7 Å². The van der Waals surface area contributed by atoms with E-state index in [1.165, 1.54) is 11.4 Å². The third-order valence-electron chi connectivity index (χ3n) is 2.30. The van der Waals surface area contributed by atoms with Gasteiger partial charge in [-0.15, -0.1) is 17.9 Å². The molecular weight excluding hydrogens is 204 g/mol. The summed E-state index contributed by atoms with van der Waals surface area (Å²) in [5.74, 6) is 0. The molecule has 0 bridgehead atoms. The molecule has 0 aromatic carbocycles. The molecule has 1 rings (SSSR count). The van der Waals surface area contributed by atoms with Gasteiger partial charge in [-0.2, -0.15) is 0 Å². The molecule has 0 spiro atoms. The average molecular weight is 224 g/mol. The van der Waals surface area contributed by atoms with Crippen LogP contribution in [0.2, 0.25) is 0 Å². The number of rotatable bonds is 7. The van der Waals surface area contributed by atoms with Crippen molar-refractivity contribution in [2.45, 2.75) is 39.2 Å². The Balaban J connectivity index is 2.13. The highest BCUT2D eigenvalue weighted by atomic mass is 32.1. The van der Waals surface area contributed by atoms with E-state index in [9.17, 15) is 0 Å². The largest absolute Gasteiger partial charge is 0.314 e. The molecule has 0 saturated heterocycles. The Morgan fingerprint density at radius 3 is 3.07 bits per heavy atom. The third-order valence-corrected chi connectivity index (χ3v) is 3.33. The van der Waals surface area contributed by atoms with Crippen LogP contribution in [0.15, 0.2) is 18.0 Å². The first-order valence-electron chi connectivity index (χ1n) is 5.47. The molecule has 0 aliphatic carbocycles. The maximum Gasteiger partial charge on any atom is 0.0940 e. The van der Waals surface area contributed by atoms with Crippen LogP contribution in [0.3, 0.4) is 0 Å². The van der Waals surface area contributed by atoms with Crippen molar-refractivity contribution in [3.8, 4) is 0 Å². The molecule has 0 saturated carbocycles. The van der Waals surface area contributed by atoms with Crippen molar-refractivity contribution in [2.24, 2.45) is 0 Å². The summed E-state index contributed by atoms with van der Waals surface area (Å²) in [5, 5.41) is 6.83. The van der Waals surface area contributed by atoms with E-state index < -0.39 is 0 Å². The van der Waals surface area contributed by atoms with Gasteiger partial charge in [0.05, 0.1) is 5.01 Å². The molecule has 15 heavy (non-hydrogen) atoms. The highest BCUT2D eigenvalue weighted by Gasteiger charge is 2.01. The number of allylic oxidation sites excluding steroid dienone is 1. The molecule has 1 unspecified atom stereocenters. The van der Waals surface area contributed by atoms with Crippen molar-refractivity contribution in [1.29, 1.82) is 0 Å². The van der Waals surface area contributed by atoms with E-state index in [1.807, 2.05) is 13.0 Å². The molecule has 1 atom stereocenters. The molecule has 84 valence electrons. The van der Waals surface area contributed by atoms with Crippen LogP contribution in [-0.4, -0.2) is 17.6 Å². The van der Waals surface area contributed by atoms with E-state index >= 15 is 0 Å². The average Bonchev–Trinajstić information content (AvgIpc) is 2.61. The second kappa shape index (κ2) is 6.75. The van der Waals surface area contributed by atoms with Crippen LogP contribution in [0.1, 0.15) is 30.5 Å². The molecule has 1 aromatic rings. The molecule has 2 nitrogen and oxygen atoms in total. The number of aryl methyl sites for hydroxylation is 1.